The van der Waals surface area contributed by atoms with E-state index in [0.717, 1.165) is 73.6 Å². The van der Waals surface area contributed by atoms with Crippen LogP contribution in [0.15, 0.2) is 185 Å². The Labute approximate surface area is 411 Å². The van der Waals surface area contributed by atoms with Gasteiger partial charge in [0, 0.05) is 87.4 Å². The van der Waals surface area contributed by atoms with Gasteiger partial charge in [-0.3, -0.25) is 0 Å². The second-order valence-electron chi connectivity index (χ2n) is 21.4. The summed E-state index contributed by atoms with van der Waals surface area (Å²) in [4.78, 5) is 1.29. The zero-order chi connectivity index (χ0) is 47.2. The number of para-hydroxylation sites is 1. The van der Waals surface area contributed by atoms with Crippen LogP contribution < -0.4 is 16.2 Å². The summed E-state index contributed by atoms with van der Waals surface area (Å²) >= 11 is 1.90. The van der Waals surface area contributed by atoms with Gasteiger partial charge in [0.25, 0.3) is 0 Å². The largest absolute Gasteiger partial charge is 0.456 e. The fourth-order valence-electron chi connectivity index (χ4n) is 11.3. The van der Waals surface area contributed by atoms with E-state index in [2.05, 4.69) is 227 Å². The molecule has 0 spiro atoms. The molecule has 0 radical (unpaired) electrons. The molecule has 0 saturated heterocycles. The van der Waals surface area contributed by atoms with Gasteiger partial charge in [-0.05, 0) is 98.7 Å². The van der Waals surface area contributed by atoms with E-state index in [-0.39, 0.29) is 10.8 Å². The Balaban J connectivity index is 1.07. The quantitative estimate of drug-likeness (QED) is 0.175. The Morgan fingerprint density at radius 3 is 1.90 bits per heavy atom. The number of fused-ring (bicyclic) bond motifs is 12. The van der Waals surface area contributed by atoms with E-state index in [4.69, 9.17) is 8.83 Å². The molecule has 0 bridgehead atoms. The van der Waals surface area contributed by atoms with Crippen molar-refractivity contribution in [1.82, 2.24) is 4.57 Å². The highest BCUT2D eigenvalue weighted by molar-refractivity contribution is 7.23. The average molecular weight is 921 g/mol. The maximum Gasteiger partial charge on any atom is 0.198 e. The van der Waals surface area contributed by atoms with Crippen LogP contribution in [-0.4, -0.2) is 11.8 Å². The van der Waals surface area contributed by atoms with Crippen LogP contribution in [0.25, 0.3) is 114 Å². The van der Waals surface area contributed by atoms with Crippen molar-refractivity contribution in [3.05, 3.63) is 187 Å². The number of thiophene rings is 1. The van der Waals surface area contributed by atoms with Crippen molar-refractivity contribution in [2.45, 2.75) is 52.4 Å². The molecule has 1 aliphatic rings. The van der Waals surface area contributed by atoms with Crippen LogP contribution in [-0.2, 0) is 10.8 Å². The van der Waals surface area contributed by atoms with Crippen molar-refractivity contribution in [2.75, 3.05) is 5.32 Å². The molecule has 1 N–H and O–H groups in total. The van der Waals surface area contributed by atoms with Gasteiger partial charge >= 0.3 is 0 Å². The minimum absolute atomic E-state index is 0.0115. The summed E-state index contributed by atoms with van der Waals surface area (Å²) in [6.45, 7) is 13.6. The van der Waals surface area contributed by atoms with Gasteiger partial charge in [0.1, 0.15) is 22.3 Å². The fourth-order valence-corrected chi connectivity index (χ4v) is 12.6. The monoisotopic (exact) mass is 920 g/mol. The zero-order valence-electron chi connectivity index (χ0n) is 40.1. The van der Waals surface area contributed by atoms with Gasteiger partial charge in [-0.1, -0.05) is 156 Å². The lowest BCUT2D eigenvalue weighted by molar-refractivity contribution is 0.590. The van der Waals surface area contributed by atoms with Gasteiger partial charge in [-0.2, -0.15) is 0 Å². The first-order chi connectivity index (χ1) is 33.9. The molecule has 6 heteroatoms. The van der Waals surface area contributed by atoms with Crippen LogP contribution in [0.2, 0.25) is 0 Å². The summed E-state index contributed by atoms with van der Waals surface area (Å²) in [5.74, 6) is 0. The smallest absolute Gasteiger partial charge is 0.198 e. The molecule has 0 amide bonds. The number of hydrogen-bond acceptors (Lipinski definition) is 4. The molecule has 14 rings (SSSR count). The molecule has 0 aliphatic carbocycles. The summed E-state index contributed by atoms with van der Waals surface area (Å²) in [6.07, 6.45) is 0. The van der Waals surface area contributed by atoms with Crippen molar-refractivity contribution in [2.24, 2.45) is 0 Å². The average Bonchev–Trinajstić information content (AvgIpc) is 4.12. The molecule has 9 aromatic carbocycles. The van der Waals surface area contributed by atoms with E-state index >= 15 is 0 Å². The van der Waals surface area contributed by atoms with Crippen molar-refractivity contribution in [3.8, 4) is 38.4 Å². The lowest BCUT2D eigenvalue weighted by Gasteiger charge is -2.24. The Kier molecular flexibility index (Phi) is 8.74. The number of rotatable bonds is 5. The number of furan rings is 2. The van der Waals surface area contributed by atoms with Gasteiger partial charge in [-0.15, -0.1) is 11.3 Å². The second-order valence-corrected chi connectivity index (χ2v) is 22.4. The van der Waals surface area contributed by atoms with Gasteiger partial charge in [0.2, 0.25) is 0 Å². The predicted molar refractivity (Wildman–Crippen MR) is 301 cm³/mol. The normalized spacial score (nSPS) is 12.8. The summed E-state index contributed by atoms with van der Waals surface area (Å²) in [5.41, 5.74) is 20.5. The maximum absolute atomic E-state index is 6.72. The fraction of sp³-hybridized carbons (Fsp3) is 0.125. The number of anilines is 2. The van der Waals surface area contributed by atoms with Gasteiger partial charge in [0.15, 0.2) is 7.28 Å². The molecule has 1 aliphatic heterocycles. The molecule has 13 aromatic rings. The molecule has 336 valence electrons. The summed E-state index contributed by atoms with van der Waals surface area (Å²) in [7, 11) is 0.768. The van der Waals surface area contributed by atoms with Crippen molar-refractivity contribution < 1.29 is 8.83 Å². The van der Waals surface area contributed by atoms with E-state index in [0.29, 0.717) is 0 Å². The first kappa shape index (κ1) is 41.2. The third kappa shape index (κ3) is 6.29. The molecule has 5 heterocycles. The Morgan fingerprint density at radius 1 is 0.486 bits per heavy atom. The highest BCUT2D eigenvalue weighted by Gasteiger charge is 2.30. The molecule has 0 unspecified atom stereocenters. The maximum atomic E-state index is 6.72. The van der Waals surface area contributed by atoms with Crippen LogP contribution >= 0.6 is 11.3 Å². The summed E-state index contributed by atoms with van der Waals surface area (Å²) < 4.78 is 17.2. The molecule has 70 heavy (non-hydrogen) atoms. The van der Waals surface area contributed by atoms with Crippen LogP contribution in [0.3, 0.4) is 0 Å². The Bertz CT molecular complexity index is 4290. The van der Waals surface area contributed by atoms with Crippen LogP contribution in [0, 0.1) is 0 Å². The Hall–Kier alpha value is -7.80. The zero-order valence-corrected chi connectivity index (χ0v) is 40.9. The first-order valence-electron chi connectivity index (χ1n) is 24.4. The van der Waals surface area contributed by atoms with E-state index in [1.807, 2.05) is 11.3 Å². The highest BCUT2D eigenvalue weighted by atomic mass is 32.1. The van der Waals surface area contributed by atoms with Crippen LogP contribution in [0.4, 0.5) is 11.4 Å². The van der Waals surface area contributed by atoms with Gasteiger partial charge in [0.05, 0.1) is 11.2 Å². The molecule has 0 saturated carbocycles. The van der Waals surface area contributed by atoms with Gasteiger partial charge in [-0.25, -0.2) is 0 Å². The van der Waals surface area contributed by atoms with Crippen LogP contribution in [0.5, 0.6) is 0 Å². The molecule has 0 atom stereocenters. The third-order valence-electron chi connectivity index (χ3n) is 14.9. The lowest BCUT2D eigenvalue weighted by atomic mass is 9.59. The number of nitrogens with zero attached hydrogens (tertiary/aromatic N) is 1. The van der Waals surface area contributed by atoms with Crippen LogP contribution in [0.1, 0.15) is 52.7 Å². The van der Waals surface area contributed by atoms with Crippen molar-refractivity contribution in [3.63, 3.8) is 0 Å². The number of aromatic nitrogens is 1. The third-order valence-corrected chi connectivity index (χ3v) is 16.1. The minimum atomic E-state index is -0.0115. The van der Waals surface area contributed by atoms with E-state index in [9.17, 15) is 0 Å². The highest BCUT2D eigenvalue weighted by Crippen LogP contribution is 2.48. The van der Waals surface area contributed by atoms with E-state index < -0.39 is 0 Å². The Morgan fingerprint density at radius 2 is 1.14 bits per heavy atom. The van der Waals surface area contributed by atoms with Crippen molar-refractivity contribution >= 4 is 117 Å². The first-order valence-corrected chi connectivity index (χ1v) is 25.3. The molecular weight excluding hydrogens is 872 g/mol. The lowest BCUT2D eigenvalue weighted by Crippen LogP contribution is -2.37. The predicted octanol–water partition coefficient (Wildman–Crippen LogP) is 16.8. The summed E-state index contributed by atoms with van der Waals surface area (Å²) in [6, 6.07) is 64.9. The van der Waals surface area contributed by atoms with E-state index in [1.165, 1.54) is 81.2 Å². The van der Waals surface area contributed by atoms with Crippen molar-refractivity contribution in [1.29, 1.82) is 0 Å². The number of benzene rings is 9. The minimum Gasteiger partial charge on any atom is -0.456 e. The second kappa shape index (κ2) is 14.9. The van der Waals surface area contributed by atoms with E-state index in [1.54, 1.807) is 0 Å². The topological polar surface area (TPSA) is 43.2 Å². The van der Waals surface area contributed by atoms with Gasteiger partial charge < -0.3 is 18.7 Å². The molecule has 4 nitrogen and oxygen atoms in total. The SMILES string of the molecule is CC(C)(C)c1ccc(Nc2cc3oc4ccc(C(C)(C)C)cc4c3cc2-c2ccc3c4cc5c(cc4n4c3c2Bc2cc3sc(-c6ccccc6)c(-c6ccccc6)c3cc2-4)oc2ccccc25)cc1. The molecule has 4 aromatic heterocycles. The standard InChI is InChI=1S/C64H49BN2O2S/c1-63(2,3)38-21-24-40(25-22-38)66-51-34-56-48(46-29-39(64(4,5)6)23-28-55(46)69-56)30-44(51)42-26-27-43-45-31-47-41-19-13-14-20-54(41)68-57(47)35-52(45)67-53-32-49-58(33-50(53)65-60(42)61(43)67)70-62(37-17-11-8-12-18-37)59(49)36-15-9-7-10-16-36/h7-35,65-66H,1-6H3. The molecular formula is C64H49BN2O2S. The molecule has 0 fully saturated rings. The number of hydrogen-bond donors (Lipinski definition) is 1. The summed E-state index contributed by atoms with van der Waals surface area (Å²) in [5, 5.41) is 12.2. The number of nitrogens with one attached hydrogen (secondary N) is 1.